The summed E-state index contributed by atoms with van der Waals surface area (Å²) in [5, 5.41) is 13.7. The Morgan fingerprint density at radius 1 is 1.05 bits per heavy atom. The SMILES string of the molecule is Oc1ccccc1Cc1nc(Cc2cccnc2)no1. The van der Waals surface area contributed by atoms with Crippen LogP contribution in [0.3, 0.4) is 0 Å². The summed E-state index contributed by atoms with van der Waals surface area (Å²) in [6, 6.07) is 11.0. The van der Waals surface area contributed by atoms with Crippen LogP contribution in [0.2, 0.25) is 0 Å². The van der Waals surface area contributed by atoms with E-state index in [-0.39, 0.29) is 5.75 Å². The van der Waals surface area contributed by atoms with Crippen LogP contribution in [0.5, 0.6) is 5.75 Å². The third kappa shape index (κ3) is 2.83. The zero-order valence-electron chi connectivity index (χ0n) is 10.7. The monoisotopic (exact) mass is 267 g/mol. The molecular weight excluding hydrogens is 254 g/mol. The number of hydrogen-bond acceptors (Lipinski definition) is 5. The van der Waals surface area contributed by atoms with Crippen molar-refractivity contribution in [3.8, 4) is 5.75 Å². The van der Waals surface area contributed by atoms with E-state index < -0.39 is 0 Å². The van der Waals surface area contributed by atoms with Crippen LogP contribution in [0.1, 0.15) is 22.8 Å². The molecule has 0 spiro atoms. The predicted molar refractivity (Wildman–Crippen MR) is 72.3 cm³/mol. The van der Waals surface area contributed by atoms with E-state index in [0.717, 1.165) is 11.1 Å². The molecule has 0 atom stereocenters. The van der Waals surface area contributed by atoms with E-state index in [1.807, 2.05) is 24.3 Å². The minimum atomic E-state index is 0.236. The summed E-state index contributed by atoms with van der Waals surface area (Å²) in [5.41, 5.74) is 1.80. The first kappa shape index (κ1) is 12.3. The van der Waals surface area contributed by atoms with E-state index in [1.54, 1.807) is 24.5 Å². The molecule has 1 N–H and O–H groups in total. The van der Waals surface area contributed by atoms with E-state index in [1.165, 1.54) is 0 Å². The Kier molecular flexibility index (Phi) is 3.41. The van der Waals surface area contributed by atoms with Gasteiger partial charge in [0.1, 0.15) is 5.75 Å². The summed E-state index contributed by atoms with van der Waals surface area (Å²) in [5.74, 6) is 1.34. The van der Waals surface area contributed by atoms with Crippen LogP contribution >= 0.6 is 0 Å². The number of nitrogens with zero attached hydrogens (tertiary/aromatic N) is 3. The molecule has 2 aromatic heterocycles. The van der Waals surface area contributed by atoms with Crippen LogP contribution in [-0.2, 0) is 12.8 Å². The van der Waals surface area contributed by atoms with Gasteiger partial charge in [0, 0.05) is 24.4 Å². The molecule has 0 aliphatic carbocycles. The van der Waals surface area contributed by atoms with Crippen LogP contribution in [0.4, 0.5) is 0 Å². The van der Waals surface area contributed by atoms with Crippen LogP contribution in [0.25, 0.3) is 0 Å². The number of aromatic hydroxyl groups is 1. The van der Waals surface area contributed by atoms with Gasteiger partial charge in [-0.15, -0.1) is 0 Å². The first-order chi connectivity index (χ1) is 9.81. The molecule has 20 heavy (non-hydrogen) atoms. The number of hydrogen-bond donors (Lipinski definition) is 1. The van der Waals surface area contributed by atoms with Crippen molar-refractivity contribution in [2.75, 3.05) is 0 Å². The summed E-state index contributed by atoms with van der Waals surface area (Å²) in [6.07, 6.45) is 4.51. The van der Waals surface area contributed by atoms with Gasteiger partial charge in [0.2, 0.25) is 5.89 Å². The quantitative estimate of drug-likeness (QED) is 0.785. The summed E-state index contributed by atoms with van der Waals surface area (Å²) in [6.45, 7) is 0. The molecule has 3 rings (SSSR count). The molecule has 0 amide bonds. The molecule has 100 valence electrons. The van der Waals surface area contributed by atoms with Crippen LogP contribution < -0.4 is 0 Å². The Hall–Kier alpha value is -2.69. The van der Waals surface area contributed by atoms with Crippen molar-refractivity contribution >= 4 is 0 Å². The Morgan fingerprint density at radius 2 is 1.95 bits per heavy atom. The van der Waals surface area contributed by atoms with Gasteiger partial charge >= 0.3 is 0 Å². The Labute approximate surface area is 115 Å². The summed E-state index contributed by atoms with van der Waals surface area (Å²) in [4.78, 5) is 8.37. The highest BCUT2D eigenvalue weighted by molar-refractivity contribution is 5.33. The van der Waals surface area contributed by atoms with Crippen molar-refractivity contribution in [1.82, 2.24) is 15.1 Å². The standard InChI is InChI=1S/C15H13N3O2/c19-13-6-2-1-5-12(13)9-15-17-14(18-20-15)8-11-4-3-7-16-10-11/h1-7,10,19H,8-9H2. The summed E-state index contributed by atoms with van der Waals surface area (Å²) < 4.78 is 5.20. The fourth-order valence-electron chi connectivity index (χ4n) is 1.94. The van der Waals surface area contributed by atoms with Gasteiger partial charge in [-0.3, -0.25) is 4.98 Å². The van der Waals surface area contributed by atoms with Crippen LogP contribution in [0, 0.1) is 0 Å². The van der Waals surface area contributed by atoms with Crippen molar-refractivity contribution in [3.05, 3.63) is 71.6 Å². The molecule has 0 saturated heterocycles. The molecule has 0 aliphatic rings. The first-order valence-corrected chi connectivity index (χ1v) is 6.28. The normalized spacial score (nSPS) is 10.6. The highest BCUT2D eigenvalue weighted by Crippen LogP contribution is 2.19. The Balaban J connectivity index is 1.73. The smallest absolute Gasteiger partial charge is 0.231 e. The lowest BCUT2D eigenvalue weighted by Crippen LogP contribution is -1.93. The average Bonchev–Trinajstić information content (AvgIpc) is 2.90. The van der Waals surface area contributed by atoms with Gasteiger partial charge < -0.3 is 9.63 Å². The molecule has 0 bridgehead atoms. The predicted octanol–water partition coefficient (Wildman–Crippen LogP) is 2.35. The van der Waals surface area contributed by atoms with Crippen molar-refractivity contribution in [2.24, 2.45) is 0 Å². The number of pyridine rings is 1. The van der Waals surface area contributed by atoms with Crippen LogP contribution in [-0.4, -0.2) is 20.2 Å². The van der Waals surface area contributed by atoms with E-state index in [9.17, 15) is 5.11 Å². The lowest BCUT2D eigenvalue weighted by molar-refractivity contribution is 0.378. The average molecular weight is 267 g/mol. The molecule has 0 radical (unpaired) electrons. The number of benzene rings is 1. The molecule has 5 nitrogen and oxygen atoms in total. The molecular formula is C15H13N3O2. The zero-order valence-corrected chi connectivity index (χ0v) is 10.7. The van der Waals surface area contributed by atoms with Crippen molar-refractivity contribution < 1.29 is 9.63 Å². The second-order valence-electron chi connectivity index (χ2n) is 4.45. The van der Waals surface area contributed by atoms with Crippen molar-refractivity contribution in [1.29, 1.82) is 0 Å². The molecule has 0 unspecified atom stereocenters. The molecule has 0 saturated carbocycles. The molecule has 5 heteroatoms. The molecule has 0 fully saturated rings. The maximum atomic E-state index is 9.72. The number of phenols is 1. The largest absolute Gasteiger partial charge is 0.508 e. The second kappa shape index (κ2) is 5.52. The Bertz CT molecular complexity index is 695. The summed E-state index contributed by atoms with van der Waals surface area (Å²) >= 11 is 0. The lowest BCUT2D eigenvalue weighted by atomic mass is 10.1. The summed E-state index contributed by atoms with van der Waals surface area (Å²) in [7, 11) is 0. The number of phenolic OH excluding ortho intramolecular Hbond substituents is 1. The maximum Gasteiger partial charge on any atom is 0.231 e. The van der Waals surface area contributed by atoms with Gasteiger partial charge in [0.05, 0.1) is 6.42 Å². The first-order valence-electron chi connectivity index (χ1n) is 6.28. The van der Waals surface area contributed by atoms with E-state index >= 15 is 0 Å². The van der Waals surface area contributed by atoms with Gasteiger partial charge in [-0.25, -0.2) is 0 Å². The number of para-hydroxylation sites is 1. The van der Waals surface area contributed by atoms with E-state index in [0.29, 0.717) is 24.6 Å². The minimum absolute atomic E-state index is 0.236. The zero-order chi connectivity index (χ0) is 13.8. The molecule has 0 aliphatic heterocycles. The van der Waals surface area contributed by atoms with Gasteiger partial charge in [0.25, 0.3) is 0 Å². The van der Waals surface area contributed by atoms with E-state index in [4.69, 9.17) is 4.52 Å². The fraction of sp³-hybridized carbons (Fsp3) is 0.133. The van der Waals surface area contributed by atoms with Gasteiger partial charge in [0.15, 0.2) is 5.82 Å². The fourth-order valence-corrected chi connectivity index (χ4v) is 1.94. The van der Waals surface area contributed by atoms with Gasteiger partial charge in [-0.2, -0.15) is 4.98 Å². The Morgan fingerprint density at radius 3 is 2.75 bits per heavy atom. The van der Waals surface area contributed by atoms with Gasteiger partial charge in [-0.1, -0.05) is 29.4 Å². The maximum absolute atomic E-state index is 9.72. The van der Waals surface area contributed by atoms with Crippen molar-refractivity contribution in [2.45, 2.75) is 12.8 Å². The lowest BCUT2D eigenvalue weighted by Gasteiger charge is -1.99. The number of aromatic nitrogens is 3. The molecule has 1 aromatic carbocycles. The molecule has 3 aromatic rings. The third-order valence-electron chi connectivity index (χ3n) is 2.93. The molecule has 2 heterocycles. The highest BCUT2D eigenvalue weighted by Gasteiger charge is 2.10. The third-order valence-corrected chi connectivity index (χ3v) is 2.93. The highest BCUT2D eigenvalue weighted by atomic mass is 16.5. The second-order valence-corrected chi connectivity index (χ2v) is 4.45. The van der Waals surface area contributed by atoms with Crippen LogP contribution in [0.15, 0.2) is 53.3 Å². The number of rotatable bonds is 4. The van der Waals surface area contributed by atoms with Crippen molar-refractivity contribution in [3.63, 3.8) is 0 Å². The van der Waals surface area contributed by atoms with E-state index in [2.05, 4.69) is 15.1 Å². The minimum Gasteiger partial charge on any atom is -0.508 e. The topological polar surface area (TPSA) is 72.0 Å². The van der Waals surface area contributed by atoms with Gasteiger partial charge in [-0.05, 0) is 17.7 Å².